The van der Waals surface area contributed by atoms with Gasteiger partial charge in [-0.2, -0.15) is 0 Å². The van der Waals surface area contributed by atoms with Gasteiger partial charge in [-0.05, 0) is 25.0 Å². The average molecular weight is 343 g/mol. The fourth-order valence-electron chi connectivity index (χ4n) is 2.83. The van der Waals surface area contributed by atoms with Gasteiger partial charge < -0.3 is 5.32 Å². The Bertz CT molecular complexity index is 752. The van der Waals surface area contributed by atoms with Gasteiger partial charge in [-0.15, -0.1) is 11.3 Å². The molecule has 2 aromatic rings. The van der Waals surface area contributed by atoms with Crippen molar-refractivity contribution in [1.29, 1.82) is 0 Å². The number of carbonyl (C=O) groups is 3. The third-order valence-corrected chi connectivity index (χ3v) is 4.71. The molecule has 124 valence electrons. The number of amides is 2. The molecule has 0 bridgehead atoms. The summed E-state index contributed by atoms with van der Waals surface area (Å²) in [6.45, 7) is 0. The summed E-state index contributed by atoms with van der Waals surface area (Å²) in [5.74, 6) is -1.60. The number of nitrogens with zero attached hydrogens (tertiary/aromatic N) is 1. The number of anilines is 2. The predicted octanol–water partition coefficient (Wildman–Crippen LogP) is 3.09. The predicted molar refractivity (Wildman–Crippen MR) is 92.1 cm³/mol. The highest BCUT2D eigenvalue weighted by Gasteiger charge is 2.26. The number of rotatable bonds is 4. The van der Waals surface area contributed by atoms with Crippen molar-refractivity contribution >= 4 is 39.8 Å². The van der Waals surface area contributed by atoms with E-state index in [-0.39, 0.29) is 11.7 Å². The van der Waals surface area contributed by atoms with E-state index >= 15 is 0 Å². The van der Waals surface area contributed by atoms with Gasteiger partial charge in [0.05, 0.1) is 5.69 Å². The first-order valence-electron chi connectivity index (χ1n) is 7.80. The summed E-state index contributed by atoms with van der Waals surface area (Å²) in [4.78, 5) is 40.5. The van der Waals surface area contributed by atoms with Crippen LogP contribution in [0.5, 0.6) is 0 Å². The van der Waals surface area contributed by atoms with Crippen LogP contribution in [-0.4, -0.2) is 22.6 Å². The van der Waals surface area contributed by atoms with Crippen LogP contribution in [0.3, 0.4) is 0 Å². The average Bonchev–Trinajstić information content (AvgIpc) is 3.28. The highest BCUT2D eigenvalue weighted by atomic mass is 32.1. The summed E-state index contributed by atoms with van der Waals surface area (Å²) >= 11 is 1.22. The van der Waals surface area contributed by atoms with Crippen LogP contribution in [0.1, 0.15) is 36.0 Å². The highest BCUT2D eigenvalue weighted by molar-refractivity contribution is 7.13. The second-order valence-electron chi connectivity index (χ2n) is 5.64. The van der Waals surface area contributed by atoms with E-state index in [2.05, 4.69) is 15.6 Å². The fourth-order valence-corrected chi connectivity index (χ4v) is 3.36. The number of hydrogen-bond donors (Lipinski definition) is 2. The Morgan fingerprint density at radius 1 is 1.04 bits per heavy atom. The van der Waals surface area contributed by atoms with Crippen molar-refractivity contribution in [2.45, 2.75) is 25.7 Å². The molecular formula is C17H17N3O3S. The molecule has 2 amide bonds. The lowest BCUT2D eigenvalue weighted by molar-refractivity contribution is -0.133. The molecule has 1 aliphatic rings. The third-order valence-electron chi connectivity index (χ3n) is 4.03. The normalized spacial score (nSPS) is 14.3. The SMILES string of the molecule is O=C(Nc1nccs1)C(=O)Nc1ccccc1C(=O)C1CCCC1. The topological polar surface area (TPSA) is 88.2 Å². The lowest BCUT2D eigenvalue weighted by Crippen LogP contribution is -2.30. The van der Waals surface area contributed by atoms with Gasteiger partial charge in [0.1, 0.15) is 0 Å². The van der Waals surface area contributed by atoms with Gasteiger partial charge in [0.25, 0.3) is 0 Å². The van der Waals surface area contributed by atoms with Gasteiger partial charge in [0, 0.05) is 23.1 Å². The largest absolute Gasteiger partial charge is 0.317 e. The number of aromatic nitrogens is 1. The Morgan fingerprint density at radius 3 is 2.46 bits per heavy atom. The lowest BCUT2D eigenvalue weighted by atomic mass is 9.95. The van der Waals surface area contributed by atoms with Crippen LogP contribution < -0.4 is 10.6 Å². The zero-order valence-corrected chi connectivity index (χ0v) is 13.8. The summed E-state index contributed by atoms with van der Waals surface area (Å²) in [5.41, 5.74) is 0.827. The Morgan fingerprint density at radius 2 is 1.75 bits per heavy atom. The van der Waals surface area contributed by atoms with Crippen LogP contribution in [-0.2, 0) is 9.59 Å². The van der Waals surface area contributed by atoms with Crippen molar-refractivity contribution in [3.8, 4) is 0 Å². The molecule has 0 radical (unpaired) electrons. The minimum atomic E-state index is -0.822. The van der Waals surface area contributed by atoms with Gasteiger partial charge >= 0.3 is 11.8 Å². The maximum atomic E-state index is 12.6. The molecule has 0 aliphatic heterocycles. The quantitative estimate of drug-likeness (QED) is 0.659. The van der Waals surface area contributed by atoms with Gasteiger partial charge in [0.2, 0.25) is 0 Å². The number of thiazole rings is 1. The maximum Gasteiger partial charge on any atom is 0.315 e. The van der Waals surface area contributed by atoms with Crippen molar-refractivity contribution in [3.63, 3.8) is 0 Å². The zero-order valence-electron chi connectivity index (χ0n) is 13.0. The van der Waals surface area contributed by atoms with Crippen molar-refractivity contribution in [2.75, 3.05) is 10.6 Å². The summed E-state index contributed by atoms with van der Waals surface area (Å²) in [7, 11) is 0. The van der Waals surface area contributed by atoms with Crippen molar-refractivity contribution in [2.24, 2.45) is 5.92 Å². The fraction of sp³-hybridized carbons (Fsp3) is 0.294. The minimum absolute atomic E-state index is 0.00666. The molecule has 0 unspecified atom stereocenters. The molecule has 0 spiro atoms. The highest BCUT2D eigenvalue weighted by Crippen LogP contribution is 2.30. The van der Waals surface area contributed by atoms with E-state index in [9.17, 15) is 14.4 Å². The van der Waals surface area contributed by atoms with E-state index in [0.717, 1.165) is 25.7 Å². The molecule has 1 saturated carbocycles. The minimum Gasteiger partial charge on any atom is -0.317 e. The Hall–Kier alpha value is -2.54. The maximum absolute atomic E-state index is 12.6. The standard InChI is InChI=1S/C17H17N3O3S/c21-14(11-5-1-2-6-11)12-7-3-4-8-13(12)19-15(22)16(23)20-17-18-9-10-24-17/h3-4,7-11H,1-2,5-6H2,(H,19,22)(H,18,20,23). The summed E-state index contributed by atoms with van der Waals surface area (Å²) in [6, 6.07) is 6.80. The molecule has 6 nitrogen and oxygen atoms in total. The molecule has 1 aromatic carbocycles. The van der Waals surface area contributed by atoms with Gasteiger partial charge in [-0.1, -0.05) is 25.0 Å². The smallest absolute Gasteiger partial charge is 0.315 e. The summed E-state index contributed by atoms with van der Waals surface area (Å²) < 4.78 is 0. The number of Topliss-reactive ketones (excluding diaryl/α,β-unsaturated/α-hetero) is 1. The van der Waals surface area contributed by atoms with Crippen LogP contribution in [0.2, 0.25) is 0 Å². The van der Waals surface area contributed by atoms with Crippen molar-refractivity contribution < 1.29 is 14.4 Å². The molecule has 24 heavy (non-hydrogen) atoms. The molecule has 1 heterocycles. The number of para-hydroxylation sites is 1. The van der Waals surface area contributed by atoms with E-state index in [0.29, 0.717) is 16.4 Å². The Balaban J connectivity index is 1.71. The number of ketones is 1. The molecule has 3 rings (SSSR count). The molecular weight excluding hydrogens is 326 g/mol. The van der Waals surface area contributed by atoms with Crippen LogP contribution in [0, 0.1) is 5.92 Å². The molecule has 0 atom stereocenters. The first-order valence-corrected chi connectivity index (χ1v) is 8.68. The number of hydrogen-bond acceptors (Lipinski definition) is 5. The van der Waals surface area contributed by atoms with E-state index in [1.165, 1.54) is 17.5 Å². The van der Waals surface area contributed by atoms with Crippen molar-refractivity contribution in [3.05, 3.63) is 41.4 Å². The third kappa shape index (κ3) is 3.68. The molecule has 7 heteroatoms. The summed E-state index contributed by atoms with van der Waals surface area (Å²) in [6.07, 6.45) is 5.41. The second kappa shape index (κ2) is 7.35. The summed E-state index contributed by atoms with van der Waals surface area (Å²) in [5, 5.41) is 7.00. The molecule has 0 saturated heterocycles. The zero-order chi connectivity index (χ0) is 16.9. The van der Waals surface area contributed by atoms with Crippen LogP contribution in [0.25, 0.3) is 0 Å². The second-order valence-corrected chi connectivity index (χ2v) is 6.53. The van der Waals surface area contributed by atoms with E-state index in [1.807, 2.05) is 0 Å². The van der Waals surface area contributed by atoms with Gasteiger partial charge in [-0.3, -0.25) is 19.7 Å². The first kappa shape index (κ1) is 16.3. The van der Waals surface area contributed by atoms with E-state index in [1.54, 1.807) is 29.6 Å². The molecule has 1 fully saturated rings. The van der Waals surface area contributed by atoms with E-state index < -0.39 is 11.8 Å². The van der Waals surface area contributed by atoms with E-state index in [4.69, 9.17) is 0 Å². The number of benzene rings is 1. The first-order chi connectivity index (χ1) is 11.6. The molecule has 2 N–H and O–H groups in total. The van der Waals surface area contributed by atoms with Crippen LogP contribution in [0.15, 0.2) is 35.8 Å². The number of nitrogens with one attached hydrogen (secondary N) is 2. The Labute approximate surface area is 143 Å². The number of carbonyl (C=O) groups excluding carboxylic acids is 3. The van der Waals surface area contributed by atoms with Gasteiger partial charge in [-0.25, -0.2) is 4.98 Å². The monoisotopic (exact) mass is 343 g/mol. The molecule has 1 aliphatic carbocycles. The van der Waals surface area contributed by atoms with Crippen molar-refractivity contribution in [1.82, 2.24) is 4.98 Å². The lowest BCUT2D eigenvalue weighted by Gasteiger charge is -2.13. The van der Waals surface area contributed by atoms with Gasteiger partial charge in [0.15, 0.2) is 10.9 Å². The molecule has 1 aromatic heterocycles. The van der Waals surface area contributed by atoms with Crippen LogP contribution >= 0.6 is 11.3 Å². The van der Waals surface area contributed by atoms with Crippen LogP contribution in [0.4, 0.5) is 10.8 Å². The Kier molecular flexibility index (Phi) is 5.00.